The van der Waals surface area contributed by atoms with Gasteiger partial charge in [0.25, 0.3) is 0 Å². The maximum absolute atomic E-state index is 11.0. The molecule has 0 aliphatic heterocycles. The van der Waals surface area contributed by atoms with E-state index in [-0.39, 0.29) is 0 Å². The summed E-state index contributed by atoms with van der Waals surface area (Å²) in [4.78, 5) is 11.0. The summed E-state index contributed by atoms with van der Waals surface area (Å²) in [6, 6.07) is 0.332. The molecule has 1 aromatic rings. The van der Waals surface area contributed by atoms with E-state index in [2.05, 4.69) is 18.9 Å². The molecule has 4 nitrogen and oxygen atoms in total. The standard InChI is InChI=1S/C11H16N2O2/c1-8(2)13-7-9(6-12-13)5-11(3-4-11)10(14)15/h6-8H,3-5H2,1-2H3,(H,14,15). The van der Waals surface area contributed by atoms with E-state index in [0.717, 1.165) is 18.4 Å². The van der Waals surface area contributed by atoms with Crippen molar-refractivity contribution in [1.82, 2.24) is 9.78 Å². The van der Waals surface area contributed by atoms with Crippen LogP contribution in [-0.4, -0.2) is 20.9 Å². The van der Waals surface area contributed by atoms with Gasteiger partial charge in [0.05, 0.1) is 11.6 Å². The van der Waals surface area contributed by atoms with Gasteiger partial charge >= 0.3 is 5.97 Å². The average Bonchev–Trinajstić information content (AvgIpc) is 2.76. The monoisotopic (exact) mass is 208 g/mol. The number of carboxylic acid groups (broad SMARTS) is 1. The van der Waals surface area contributed by atoms with Gasteiger partial charge in [-0.15, -0.1) is 0 Å². The molecule has 0 amide bonds. The molecular formula is C11H16N2O2. The summed E-state index contributed by atoms with van der Waals surface area (Å²) in [6.07, 6.45) is 5.95. The summed E-state index contributed by atoms with van der Waals surface area (Å²) in [5, 5.41) is 13.3. The molecule has 1 saturated carbocycles. The molecule has 0 atom stereocenters. The van der Waals surface area contributed by atoms with Crippen molar-refractivity contribution >= 4 is 5.97 Å². The number of carboxylic acids is 1. The van der Waals surface area contributed by atoms with Crippen molar-refractivity contribution in [1.29, 1.82) is 0 Å². The van der Waals surface area contributed by atoms with Gasteiger partial charge in [-0.05, 0) is 38.7 Å². The Morgan fingerprint density at radius 1 is 1.67 bits per heavy atom. The van der Waals surface area contributed by atoms with Crippen molar-refractivity contribution in [2.45, 2.75) is 39.2 Å². The Hall–Kier alpha value is -1.32. The van der Waals surface area contributed by atoms with Crippen molar-refractivity contribution in [3.8, 4) is 0 Å². The predicted octanol–water partition coefficient (Wildman–Crippen LogP) is 1.87. The minimum absolute atomic E-state index is 0.332. The highest BCUT2D eigenvalue weighted by molar-refractivity contribution is 5.78. The smallest absolute Gasteiger partial charge is 0.309 e. The lowest BCUT2D eigenvalue weighted by Crippen LogP contribution is -2.17. The largest absolute Gasteiger partial charge is 0.481 e. The van der Waals surface area contributed by atoms with E-state index in [1.807, 2.05) is 10.9 Å². The van der Waals surface area contributed by atoms with Crippen molar-refractivity contribution < 1.29 is 9.90 Å². The van der Waals surface area contributed by atoms with Crippen LogP contribution in [0.1, 0.15) is 38.3 Å². The first kappa shape index (κ1) is 10.2. The van der Waals surface area contributed by atoms with Gasteiger partial charge in [-0.25, -0.2) is 0 Å². The average molecular weight is 208 g/mol. The Kier molecular flexibility index (Phi) is 2.29. The normalized spacial score (nSPS) is 18.1. The Morgan fingerprint density at radius 3 is 2.73 bits per heavy atom. The molecule has 1 aliphatic rings. The predicted molar refractivity (Wildman–Crippen MR) is 55.6 cm³/mol. The van der Waals surface area contributed by atoms with E-state index in [9.17, 15) is 4.79 Å². The number of nitrogens with zero attached hydrogens (tertiary/aromatic N) is 2. The van der Waals surface area contributed by atoms with Crippen molar-refractivity contribution in [3.05, 3.63) is 18.0 Å². The second kappa shape index (κ2) is 3.36. The van der Waals surface area contributed by atoms with Crippen LogP contribution in [0, 0.1) is 5.41 Å². The minimum Gasteiger partial charge on any atom is -0.481 e. The van der Waals surface area contributed by atoms with Crippen molar-refractivity contribution in [3.63, 3.8) is 0 Å². The van der Waals surface area contributed by atoms with Crippen LogP contribution in [0.25, 0.3) is 0 Å². The second-order valence-corrected chi connectivity index (χ2v) is 4.68. The van der Waals surface area contributed by atoms with Crippen LogP contribution in [0.15, 0.2) is 12.4 Å². The van der Waals surface area contributed by atoms with Crippen LogP contribution in [0.3, 0.4) is 0 Å². The number of aliphatic carboxylic acids is 1. The van der Waals surface area contributed by atoms with Crippen LogP contribution in [0.4, 0.5) is 0 Å². The molecule has 1 aromatic heterocycles. The summed E-state index contributed by atoms with van der Waals surface area (Å²) in [6.45, 7) is 4.11. The zero-order chi connectivity index (χ0) is 11.1. The van der Waals surface area contributed by atoms with E-state index >= 15 is 0 Å². The van der Waals surface area contributed by atoms with Gasteiger partial charge in [-0.3, -0.25) is 9.48 Å². The number of rotatable bonds is 4. The lowest BCUT2D eigenvalue weighted by Gasteiger charge is -2.07. The molecule has 0 spiro atoms. The molecule has 1 fully saturated rings. The van der Waals surface area contributed by atoms with Crippen molar-refractivity contribution in [2.24, 2.45) is 5.41 Å². The Balaban J connectivity index is 2.08. The molecular weight excluding hydrogens is 192 g/mol. The van der Waals surface area contributed by atoms with Gasteiger partial charge in [0.1, 0.15) is 0 Å². The molecule has 0 aromatic carbocycles. The summed E-state index contributed by atoms with van der Waals surface area (Å²) in [5.74, 6) is -0.667. The third-order valence-corrected chi connectivity index (χ3v) is 3.03. The van der Waals surface area contributed by atoms with Gasteiger partial charge in [-0.1, -0.05) is 0 Å². The number of carbonyl (C=O) groups is 1. The molecule has 0 radical (unpaired) electrons. The first-order chi connectivity index (χ1) is 7.03. The molecule has 4 heteroatoms. The Labute approximate surface area is 88.9 Å². The molecule has 82 valence electrons. The number of aromatic nitrogens is 2. The summed E-state index contributed by atoms with van der Waals surface area (Å²) < 4.78 is 1.87. The van der Waals surface area contributed by atoms with E-state index in [1.54, 1.807) is 6.20 Å². The molecule has 0 saturated heterocycles. The van der Waals surface area contributed by atoms with Crippen LogP contribution in [-0.2, 0) is 11.2 Å². The van der Waals surface area contributed by atoms with E-state index in [1.165, 1.54) is 0 Å². The molecule has 1 N–H and O–H groups in total. The van der Waals surface area contributed by atoms with Crippen molar-refractivity contribution in [2.75, 3.05) is 0 Å². The summed E-state index contributed by atoms with van der Waals surface area (Å²) in [7, 11) is 0. The quantitative estimate of drug-likeness (QED) is 0.821. The maximum Gasteiger partial charge on any atom is 0.309 e. The highest BCUT2D eigenvalue weighted by Gasteiger charge is 2.50. The lowest BCUT2D eigenvalue weighted by molar-refractivity contribution is -0.143. The Bertz CT molecular complexity index is 378. The van der Waals surface area contributed by atoms with E-state index in [0.29, 0.717) is 12.5 Å². The molecule has 0 bridgehead atoms. The van der Waals surface area contributed by atoms with Gasteiger partial charge < -0.3 is 5.11 Å². The third-order valence-electron chi connectivity index (χ3n) is 3.03. The van der Waals surface area contributed by atoms with Crippen LogP contribution < -0.4 is 0 Å². The van der Waals surface area contributed by atoms with Gasteiger partial charge in [0.15, 0.2) is 0 Å². The minimum atomic E-state index is -0.667. The fourth-order valence-corrected chi connectivity index (χ4v) is 1.76. The molecule has 0 unspecified atom stereocenters. The van der Waals surface area contributed by atoms with Crippen LogP contribution >= 0.6 is 0 Å². The van der Waals surface area contributed by atoms with Gasteiger partial charge in [0.2, 0.25) is 0 Å². The van der Waals surface area contributed by atoms with Gasteiger partial charge in [-0.2, -0.15) is 5.10 Å². The molecule has 1 heterocycles. The summed E-state index contributed by atoms with van der Waals surface area (Å²) in [5.41, 5.74) is 0.550. The lowest BCUT2D eigenvalue weighted by atomic mass is 9.99. The van der Waals surface area contributed by atoms with Crippen LogP contribution in [0.5, 0.6) is 0 Å². The van der Waals surface area contributed by atoms with Gasteiger partial charge in [0, 0.05) is 12.2 Å². The summed E-state index contributed by atoms with van der Waals surface area (Å²) >= 11 is 0. The van der Waals surface area contributed by atoms with E-state index in [4.69, 9.17) is 5.11 Å². The topological polar surface area (TPSA) is 55.1 Å². The molecule has 2 rings (SSSR count). The molecule has 15 heavy (non-hydrogen) atoms. The molecule has 1 aliphatic carbocycles. The fourth-order valence-electron chi connectivity index (χ4n) is 1.76. The van der Waals surface area contributed by atoms with E-state index < -0.39 is 11.4 Å². The number of hydrogen-bond acceptors (Lipinski definition) is 2. The number of hydrogen-bond donors (Lipinski definition) is 1. The first-order valence-corrected chi connectivity index (χ1v) is 5.30. The first-order valence-electron chi connectivity index (χ1n) is 5.30. The zero-order valence-corrected chi connectivity index (χ0v) is 9.10. The van der Waals surface area contributed by atoms with Crippen LogP contribution in [0.2, 0.25) is 0 Å². The zero-order valence-electron chi connectivity index (χ0n) is 9.10. The third kappa shape index (κ3) is 1.89. The maximum atomic E-state index is 11.0. The fraction of sp³-hybridized carbons (Fsp3) is 0.636. The highest BCUT2D eigenvalue weighted by atomic mass is 16.4. The Morgan fingerprint density at radius 2 is 2.33 bits per heavy atom. The SMILES string of the molecule is CC(C)n1cc(CC2(C(=O)O)CC2)cn1. The second-order valence-electron chi connectivity index (χ2n) is 4.68. The highest BCUT2D eigenvalue weighted by Crippen LogP contribution is 2.48.